The Balaban J connectivity index is 3.14. The van der Waals surface area contributed by atoms with Crippen molar-refractivity contribution in [2.45, 2.75) is 33.2 Å². The van der Waals surface area contributed by atoms with E-state index in [0.717, 1.165) is 6.07 Å². The summed E-state index contributed by atoms with van der Waals surface area (Å²) in [5, 5.41) is 11.4. The Morgan fingerprint density at radius 1 is 1.42 bits per heavy atom. The van der Waals surface area contributed by atoms with Crippen molar-refractivity contribution in [3.05, 3.63) is 17.7 Å². The molecule has 0 aliphatic carbocycles. The van der Waals surface area contributed by atoms with Crippen LogP contribution >= 0.6 is 0 Å². The third-order valence-corrected chi connectivity index (χ3v) is 2.62. The number of hydrogen-bond acceptors (Lipinski definition) is 4. The molecule has 0 fully saturated rings. The second-order valence-electron chi connectivity index (χ2n) is 4.35. The zero-order chi connectivity index (χ0) is 14.4. The average molecular weight is 268 g/mol. The van der Waals surface area contributed by atoms with Gasteiger partial charge in [-0.2, -0.15) is 5.26 Å². The maximum absolute atomic E-state index is 13.9. The van der Waals surface area contributed by atoms with Crippen LogP contribution in [0.25, 0.3) is 0 Å². The molecule has 0 radical (unpaired) electrons. The molecule has 1 heterocycles. The highest BCUT2D eigenvalue weighted by Gasteiger charge is 2.19. The number of anilines is 2. The van der Waals surface area contributed by atoms with Gasteiger partial charge in [-0.05, 0) is 20.8 Å². The molecule has 1 N–H and O–H groups in total. The minimum absolute atomic E-state index is 0.0292. The highest BCUT2D eigenvalue weighted by Crippen LogP contribution is 2.24. The fourth-order valence-corrected chi connectivity index (χ4v) is 1.73. The molecule has 0 aliphatic rings. The zero-order valence-corrected chi connectivity index (χ0v) is 11.4. The smallest absolute Gasteiger partial charge is 0.168 e. The molecule has 0 saturated heterocycles. The van der Waals surface area contributed by atoms with E-state index in [1.807, 2.05) is 19.9 Å². The number of rotatable bonds is 6. The third-order valence-electron chi connectivity index (χ3n) is 2.62. The molecule has 1 rings (SSSR count). The van der Waals surface area contributed by atoms with Crippen LogP contribution in [0.4, 0.5) is 20.4 Å². The van der Waals surface area contributed by atoms with Crippen LogP contribution in [0.2, 0.25) is 0 Å². The molecule has 1 aromatic rings. The minimum atomic E-state index is -0.717. The van der Waals surface area contributed by atoms with Gasteiger partial charge >= 0.3 is 0 Å². The molecule has 0 unspecified atom stereocenters. The molecule has 104 valence electrons. The Labute approximate surface area is 112 Å². The molecule has 0 bridgehead atoms. The number of hydrogen-bond donors (Lipinski definition) is 1. The lowest BCUT2D eigenvalue weighted by Gasteiger charge is -2.27. The largest absolute Gasteiger partial charge is 0.368 e. The van der Waals surface area contributed by atoms with Gasteiger partial charge in [-0.25, -0.2) is 13.8 Å². The van der Waals surface area contributed by atoms with Crippen LogP contribution in [0.1, 0.15) is 27.2 Å². The molecule has 0 amide bonds. The van der Waals surface area contributed by atoms with Crippen molar-refractivity contribution in [3.8, 4) is 6.07 Å². The quantitative estimate of drug-likeness (QED) is 0.862. The summed E-state index contributed by atoms with van der Waals surface area (Å²) in [4.78, 5) is 5.64. The summed E-state index contributed by atoms with van der Waals surface area (Å²) in [5.41, 5.74) is 0. The Kier molecular flexibility index (Phi) is 5.49. The molecule has 4 nitrogen and oxygen atoms in total. The first-order valence-electron chi connectivity index (χ1n) is 6.24. The zero-order valence-electron chi connectivity index (χ0n) is 11.4. The van der Waals surface area contributed by atoms with Gasteiger partial charge in [0, 0.05) is 25.2 Å². The van der Waals surface area contributed by atoms with Gasteiger partial charge in [0.1, 0.15) is 0 Å². The molecular formula is C13H18F2N4. The van der Waals surface area contributed by atoms with Gasteiger partial charge in [-0.15, -0.1) is 0 Å². The van der Waals surface area contributed by atoms with Gasteiger partial charge in [-0.1, -0.05) is 0 Å². The van der Waals surface area contributed by atoms with Crippen molar-refractivity contribution in [2.75, 3.05) is 23.3 Å². The fraction of sp³-hybridized carbons (Fsp3) is 0.538. The average Bonchev–Trinajstić information content (AvgIpc) is 2.34. The van der Waals surface area contributed by atoms with E-state index >= 15 is 0 Å². The maximum Gasteiger partial charge on any atom is 0.168 e. The second kappa shape index (κ2) is 6.88. The van der Waals surface area contributed by atoms with E-state index in [-0.39, 0.29) is 24.1 Å². The van der Waals surface area contributed by atoms with Gasteiger partial charge in [0.2, 0.25) is 0 Å². The standard InChI is InChI=1S/C13H18F2N4/c1-4-17-12-10(14)8-11(15)13(18-12)19(9(2)3)7-5-6-16/h8-9H,4-5,7H2,1-3H3,(H,17,18). The fourth-order valence-electron chi connectivity index (χ4n) is 1.73. The Bertz CT molecular complexity index is 468. The van der Waals surface area contributed by atoms with E-state index in [4.69, 9.17) is 5.26 Å². The topological polar surface area (TPSA) is 52.0 Å². The lowest BCUT2D eigenvalue weighted by Crippen LogP contribution is -2.33. The first kappa shape index (κ1) is 15.2. The van der Waals surface area contributed by atoms with E-state index in [2.05, 4.69) is 10.3 Å². The van der Waals surface area contributed by atoms with E-state index in [9.17, 15) is 8.78 Å². The highest BCUT2D eigenvalue weighted by atomic mass is 19.1. The summed E-state index contributed by atoms with van der Waals surface area (Å²) < 4.78 is 27.4. The van der Waals surface area contributed by atoms with E-state index in [0.29, 0.717) is 13.1 Å². The van der Waals surface area contributed by atoms with Crippen molar-refractivity contribution in [1.82, 2.24) is 4.98 Å². The summed E-state index contributed by atoms with van der Waals surface area (Å²) in [7, 11) is 0. The Hall–Kier alpha value is -1.90. The molecular weight excluding hydrogens is 250 g/mol. The highest BCUT2D eigenvalue weighted by molar-refractivity contribution is 5.49. The number of halogens is 2. The molecule has 1 aromatic heterocycles. The number of pyridine rings is 1. The van der Waals surface area contributed by atoms with Crippen molar-refractivity contribution < 1.29 is 8.78 Å². The first-order chi connectivity index (χ1) is 9.01. The Morgan fingerprint density at radius 2 is 2.11 bits per heavy atom. The number of nitriles is 1. The molecule has 19 heavy (non-hydrogen) atoms. The molecule has 6 heteroatoms. The van der Waals surface area contributed by atoms with Crippen molar-refractivity contribution >= 4 is 11.6 Å². The molecule has 0 saturated carbocycles. The predicted octanol–water partition coefficient (Wildman–Crippen LogP) is 2.92. The van der Waals surface area contributed by atoms with Gasteiger partial charge in [0.05, 0.1) is 12.5 Å². The predicted molar refractivity (Wildman–Crippen MR) is 71.0 cm³/mol. The third kappa shape index (κ3) is 3.78. The second-order valence-corrected chi connectivity index (χ2v) is 4.35. The van der Waals surface area contributed by atoms with Gasteiger partial charge in [0.25, 0.3) is 0 Å². The summed E-state index contributed by atoms with van der Waals surface area (Å²) in [5.74, 6) is -1.33. The van der Waals surface area contributed by atoms with Crippen LogP contribution in [0.3, 0.4) is 0 Å². The minimum Gasteiger partial charge on any atom is -0.368 e. The van der Waals surface area contributed by atoms with Crippen LogP contribution in [0.5, 0.6) is 0 Å². The normalized spacial score (nSPS) is 10.4. The monoisotopic (exact) mass is 268 g/mol. The number of aromatic nitrogens is 1. The Morgan fingerprint density at radius 3 is 2.63 bits per heavy atom. The number of nitrogens with zero attached hydrogens (tertiary/aromatic N) is 3. The molecule has 0 aliphatic heterocycles. The van der Waals surface area contributed by atoms with Crippen LogP contribution in [-0.2, 0) is 0 Å². The van der Waals surface area contributed by atoms with Crippen molar-refractivity contribution in [3.63, 3.8) is 0 Å². The SMILES string of the molecule is CCNc1nc(N(CCC#N)C(C)C)c(F)cc1F. The lowest BCUT2D eigenvalue weighted by molar-refractivity contribution is 0.560. The van der Waals surface area contributed by atoms with Gasteiger partial charge < -0.3 is 10.2 Å². The van der Waals surface area contributed by atoms with Crippen LogP contribution in [-0.4, -0.2) is 24.1 Å². The van der Waals surface area contributed by atoms with E-state index in [1.165, 1.54) is 0 Å². The van der Waals surface area contributed by atoms with Crippen molar-refractivity contribution in [2.24, 2.45) is 0 Å². The van der Waals surface area contributed by atoms with Gasteiger partial charge in [0.15, 0.2) is 23.3 Å². The van der Waals surface area contributed by atoms with Crippen LogP contribution < -0.4 is 10.2 Å². The molecule has 0 spiro atoms. The van der Waals surface area contributed by atoms with Crippen LogP contribution in [0.15, 0.2) is 6.07 Å². The summed E-state index contributed by atoms with van der Waals surface area (Å²) in [6.07, 6.45) is 0.257. The maximum atomic E-state index is 13.9. The van der Waals surface area contributed by atoms with Crippen molar-refractivity contribution in [1.29, 1.82) is 5.26 Å². The van der Waals surface area contributed by atoms with Gasteiger partial charge in [-0.3, -0.25) is 0 Å². The summed E-state index contributed by atoms with van der Waals surface area (Å²) >= 11 is 0. The first-order valence-corrected chi connectivity index (χ1v) is 6.24. The lowest BCUT2D eigenvalue weighted by atomic mass is 10.2. The summed E-state index contributed by atoms with van der Waals surface area (Å²) in [6.45, 7) is 6.40. The van der Waals surface area contributed by atoms with E-state index in [1.54, 1.807) is 11.8 Å². The molecule has 0 atom stereocenters. The molecule has 0 aromatic carbocycles. The summed E-state index contributed by atoms with van der Waals surface area (Å²) in [6, 6.07) is 2.80. The van der Waals surface area contributed by atoms with E-state index < -0.39 is 11.6 Å². The van der Waals surface area contributed by atoms with Crippen LogP contribution in [0, 0.1) is 23.0 Å². The number of nitrogens with one attached hydrogen (secondary N) is 1.